The van der Waals surface area contributed by atoms with Crippen molar-refractivity contribution < 1.29 is 24.2 Å². The number of rotatable bonds is 10. The van der Waals surface area contributed by atoms with Gasteiger partial charge in [0, 0.05) is 18.4 Å². The molecule has 2 aromatic carbocycles. The molecule has 34 heavy (non-hydrogen) atoms. The lowest BCUT2D eigenvalue weighted by atomic mass is 9.74. The van der Waals surface area contributed by atoms with E-state index in [1.807, 2.05) is 31.2 Å². The van der Waals surface area contributed by atoms with Crippen molar-refractivity contribution >= 4 is 18.0 Å². The molecule has 1 unspecified atom stereocenters. The van der Waals surface area contributed by atoms with Crippen LogP contribution in [0, 0.1) is 0 Å². The molecule has 0 aliphatic heterocycles. The second-order valence-electron chi connectivity index (χ2n) is 9.37. The number of carbonyl (C=O) groups is 3. The van der Waals surface area contributed by atoms with Crippen molar-refractivity contribution in [1.29, 1.82) is 0 Å². The number of carboxylic acids is 1. The topological polar surface area (TPSA) is 105 Å². The van der Waals surface area contributed by atoms with Crippen molar-refractivity contribution in [3.63, 3.8) is 0 Å². The predicted molar refractivity (Wildman–Crippen MR) is 128 cm³/mol. The van der Waals surface area contributed by atoms with Crippen molar-refractivity contribution in [3.05, 3.63) is 59.7 Å². The molecular formula is C27H32N2O5. The molecule has 1 fully saturated rings. The standard InChI is InChI=1S/C27H32N2O5/c1-2-18(12-13-24(30)29-27(14-7-15-27)16-25(31)32)28-26(33)34-17-23-21-10-5-3-8-19(21)20-9-4-6-11-22(20)23/h3-6,8-11,18,23H,2,7,12-17H2,1H3,(H,28,33)(H,29,30)(H,31,32). The van der Waals surface area contributed by atoms with Gasteiger partial charge in [-0.2, -0.15) is 0 Å². The summed E-state index contributed by atoms with van der Waals surface area (Å²) in [5.74, 6) is -1.08. The molecule has 0 radical (unpaired) electrons. The minimum Gasteiger partial charge on any atom is -0.481 e. The van der Waals surface area contributed by atoms with Crippen LogP contribution in [0.2, 0.25) is 0 Å². The van der Waals surface area contributed by atoms with Crippen molar-refractivity contribution in [3.8, 4) is 11.1 Å². The molecule has 3 N–H and O–H groups in total. The lowest BCUT2D eigenvalue weighted by molar-refractivity contribution is -0.140. The summed E-state index contributed by atoms with van der Waals surface area (Å²) in [5.41, 5.74) is 4.07. The summed E-state index contributed by atoms with van der Waals surface area (Å²) in [7, 11) is 0. The zero-order valence-electron chi connectivity index (χ0n) is 19.5. The van der Waals surface area contributed by atoms with Gasteiger partial charge in [-0.3, -0.25) is 9.59 Å². The molecule has 7 heteroatoms. The maximum atomic E-state index is 12.5. The highest BCUT2D eigenvalue weighted by Gasteiger charge is 2.40. The normalized spacial score (nSPS) is 16.5. The summed E-state index contributed by atoms with van der Waals surface area (Å²) in [4.78, 5) is 36.1. The van der Waals surface area contributed by atoms with Gasteiger partial charge in [-0.15, -0.1) is 0 Å². The van der Waals surface area contributed by atoms with E-state index >= 15 is 0 Å². The predicted octanol–water partition coefficient (Wildman–Crippen LogP) is 4.60. The van der Waals surface area contributed by atoms with Gasteiger partial charge in [-0.25, -0.2) is 4.79 Å². The highest BCUT2D eigenvalue weighted by molar-refractivity contribution is 5.80. The molecule has 0 bridgehead atoms. The molecule has 1 saturated carbocycles. The van der Waals surface area contributed by atoms with E-state index in [2.05, 4.69) is 34.9 Å². The van der Waals surface area contributed by atoms with Crippen molar-refractivity contribution in [1.82, 2.24) is 10.6 Å². The van der Waals surface area contributed by atoms with Crippen molar-refractivity contribution in [2.24, 2.45) is 0 Å². The summed E-state index contributed by atoms with van der Waals surface area (Å²) in [6.45, 7) is 2.19. The average Bonchev–Trinajstić information content (AvgIpc) is 3.12. The fourth-order valence-corrected chi connectivity index (χ4v) is 5.09. The number of hydrogen-bond acceptors (Lipinski definition) is 4. The molecule has 0 heterocycles. The van der Waals surface area contributed by atoms with E-state index in [0.717, 1.165) is 17.5 Å². The second-order valence-corrected chi connectivity index (χ2v) is 9.37. The van der Waals surface area contributed by atoms with Gasteiger partial charge in [0.1, 0.15) is 6.61 Å². The summed E-state index contributed by atoms with van der Waals surface area (Å²) in [6.07, 6.45) is 3.13. The third kappa shape index (κ3) is 5.24. The molecular weight excluding hydrogens is 432 g/mol. The Hall–Kier alpha value is -3.35. The van der Waals surface area contributed by atoms with Crippen LogP contribution in [0.3, 0.4) is 0 Å². The molecule has 2 amide bonds. The van der Waals surface area contributed by atoms with E-state index in [-0.39, 0.29) is 37.3 Å². The number of nitrogens with one attached hydrogen (secondary N) is 2. The van der Waals surface area contributed by atoms with Gasteiger partial charge in [0.25, 0.3) is 0 Å². The van der Waals surface area contributed by atoms with Gasteiger partial charge in [-0.05, 0) is 54.4 Å². The Morgan fingerprint density at radius 2 is 1.68 bits per heavy atom. The average molecular weight is 465 g/mol. The van der Waals surface area contributed by atoms with Crippen LogP contribution in [0.5, 0.6) is 0 Å². The van der Waals surface area contributed by atoms with Crippen molar-refractivity contribution in [2.75, 3.05) is 6.61 Å². The first-order valence-electron chi connectivity index (χ1n) is 12.0. The zero-order valence-corrected chi connectivity index (χ0v) is 19.5. The van der Waals surface area contributed by atoms with E-state index in [1.165, 1.54) is 11.1 Å². The lowest BCUT2D eigenvalue weighted by Crippen LogP contribution is -2.54. The van der Waals surface area contributed by atoms with E-state index < -0.39 is 17.6 Å². The first kappa shape index (κ1) is 23.8. The Bertz CT molecular complexity index is 1020. The maximum Gasteiger partial charge on any atom is 0.407 e. The molecule has 180 valence electrons. The molecule has 7 nitrogen and oxygen atoms in total. The zero-order chi connectivity index (χ0) is 24.1. The third-order valence-electron chi connectivity index (χ3n) is 7.08. The fourth-order valence-electron chi connectivity index (χ4n) is 5.09. The van der Waals surface area contributed by atoms with E-state index in [4.69, 9.17) is 9.84 Å². The summed E-state index contributed by atoms with van der Waals surface area (Å²) in [6, 6.07) is 16.2. The molecule has 2 aliphatic carbocycles. The first-order chi connectivity index (χ1) is 16.4. The Labute approximate surface area is 199 Å². The van der Waals surface area contributed by atoms with Crippen LogP contribution < -0.4 is 10.6 Å². The molecule has 2 aromatic rings. The Kier molecular flexibility index (Phi) is 7.20. The number of fused-ring (bicyclic) bond motifs is 3. The van der Waals surface area contributed by atoms with Gasteiger partial charge < -0.3 is 20.5 Å². The number of ether oxygens (including phenoxy) is 1. The number of benzene rings is 2. The molecule has 0 saturated heterocycles. The van der Waals surface area contributed by atoms with Crippen LogP contribution in [0.4, 0.5) is 4.79 Å². The number of alkyl carbamates (subject to hydrolysis) is 1. The van der Waals surface area contributed by atoms with Crippen LogP contribution in [-0.2, 0) is 14.3 Å². The van der Waals surface area contributed by atoms with Crippen molar-refractivity contribution in [2.45, 2.75) is 69.4 Å². The number of aliphatic carboxylic acids is 1. The largest absolute Gasteiger partial charge is 0.481 e. The van der Waals surface area contributed by atoms with Gasteiger partial charge >= 0.3 is 12.1 Å². The number of hydrogen-bond donors (Lipinski definition) is 3. The molecule has 0 aromatic heterocycles. The number of carboxylic acid groups (broad SMARTS) is 1. The minimum absolute atomic E-state index is 0.00286. The van der Waals surface area contributed by atoms with E-state index in [1.54, 1.807) is 0 Å². The van der Waals surface area contributed by atoms with Crippen LogP contribution in [0.1, 0.15) is 68.9 Å². The van der Waals surface area contributed by atoms with Crippen LogP contribution in [-0.4, -0.2) is 41.3 Å². The maximum absolute atomic E-state index is 12.5. The Morgan fingerprint density at radius 3 is 2.21 bits per heavy atom. The number of carbonyl (C=O) groups excluding carboxylic acids is 2. The summed E-state index contributed by atoms with van der Waals surface area (Å²) >= 11 is 0. The highest BCUT2D eigenvalue weighted by Crippen LogP contribution is 2.44. The molecule has 0 spiro atoms. The van der Waals surface area contributed by atoms with Gasteiger partial charge in [0.05, 0.1) is 12.0 Å². The van der Waals surface area contributed by atoms with E-state index in [9.17, 15) is 14.4 Å². The number of amides is 2. The summed E-state index contributed by atoms with van der Waals surface area (Å²) in [5, 5.41) is 14.9. The highest BCUT2D eigenvalue weighted by atomic mass is 16.5. The SMILES string of the molecule is CCC(CCC(=O)NC1(CC(=O)O)CCC1)NC(=O)OCC1c2ccccc2-c2ccccc21. The van der Waals surface area contributed by atoms with Crippen LogP contribution in [0.15, 0.2) is 48.5 Å². The molecule has 4 rings (SSSR count). The van der Waals surface area contributed by atoms with Gasteiger partial charge in [0.2, 0.25) is 5.91 Å². The Balaban J connectivity index is 1.27. The quantitative estimate of drug-likeness (QED) is 0.477. The van der Waals surface area contributed by atoms with Crippen LogP contribution >= 0.6 is 0 Å². The third-order valence-corrected chi connectivity index (χ3v) is 7.08. The van der Waals surface area contributed by atoms with Crippen LogP contribution in [0.25, 0.3) is 11.1 Å². The van der Waals surface area contributed by atoms with Gasteiger partial charge in [-0.1, -0.05) is 55.5 Å². The monoisotopic (exact) mass is 464 g/mol. The minimum atomic E-state index is -0.900. The fraction of sp³-hybridized carbons (Fsp3) is 0.444. The van der Waals surface area contributed by atoms with Gasteiger partial charge in [0.15, 0.2) is 0 Å². The van der Waals surface area contributed by atoms with E-state index in [0.29, 0.717) is 25.7 Å². The second kappa shape index (κ2) is 10.3. The summed E-state index contributed by atoms with van der Waals surface area (Å²) < 4.78 is 5.61. The smallest absolute Gasteiger partial charge is 0.407 e. The Morgan fingerprint density at radius 1 is 1.06 bits per heavy atom. The lowest BCUT2D eigenvalue weighted by Gasteiger charge is -2.41. The molecule has 1 atom stereocenters. The first-order valence-corrected chi connectivity index (χ1v) is 12.0. The molecule has 2 aliphatic rings.